The quantitative estimate of drug-likeness (QED) is 0.0745. The van der Waals surface area contributed by atoms with Crippen LogP contribution in [0.2, 0.25) is 0 Å². The summed E-state index contributed by atoms with van der Waals surface area (Å²) >= 11 is 0. The van der Waals surface area contributed by atoms with Gasteiger partial charge in [-0.05, 0) is 76.8 Å². The van der Waals surface area contributed by atoms with Crippen LogP contribution in [0, 0.1) is 5.92 Å². The van der Waals surface area contributed by atoms with E-state index in [0.29, 0.717) is 23.2 Å². The first-order valence-electron chi connectivity index (χ1n) is 23.6. The Kier molecular flexibility index (Phi) is 17.6. The van der Waals surface area contributed by atoms with Gasteiger partial charge in [-0.2, -0.15) is 0 Å². The Morgan fingerprint density at radius 3 is 1.73 bits per heavy atom. The lowest BCUT2D eigenvalue weighted by Gasteiger charge is -2.26. The fourth-order valence-corrected chi connectivity index (χ4v) is 8.48. The van der Waals surface area contributed by atoms with Crippen LogP contribution in [-0.4, -0.2) is 70.6 Å². The lowest BCUT2D eigenvalue weighted by atomic mass is 9.88. The van der Waals surface area contributed by atoms with Crippen molar-refractivity contribution in [2.45, 2.75) is 82.0 Å². The molecule has 6 aromatic carbocycles. The van der Waals surface area contributed by atoms with Gasteiger partial charge < -0.3 is 31.7 Å². The lowest BCUT2D eigenvalue weighted by Crippen LogP contribution is -2.55. The molecular weight excluding hydrogens is 883 g/mol. The van der Waals surface area contributed by atoms with Crippen molar-refractivity contribution in [1.29, 1.82) is 0 Å². The van der Waals surface area contributed by atoms with E-state index in [1.165, 1.54) is 0 Å². The van der Waals surface area contributed by atoms with Gasteiger partial charge in [0, 0.05) is 43.7 Å². The number of nitrogens with one attached hydrogen (secondary N) is 5. The minimum absolute atomic E-state index is 0.0154. The van der Waals surface area contributed by atoms with Crippen LogP contribution in [0.3, 0.4) is 0 Å². The van der Waals surface area contributed by atoms with Crippen LogP contribution in [-0.2, 0) is 65.7 Å². The largest absolute Gasteiger partial charge is 0.480 e. The Bertz CT molecular complexity index is 2720. The third kappa shape index (κ3) is 14.9. The van der Waals surface area contributed by atoms with Crippen molar-refractivity contribution >= 4 is 47.0 Å². The third-order valence-corrected chi connectivity index (χ3v) is 12.4. The fraction of sp³-hybridized carbons (Fsp3) is 0.246. The SMILES string of the molecule is O=C1CCC(=O)N[C@H](CCc2ccccc2)C(=O)N[C@@H](Cc2ccc(-c3ccccc3)cc2)C(=O)C[C@H](Cc2ccccc2)C(=O)N[C@H](C(=O)N[C@@H](Cc2ccccc2)C(=O)O)Cc2ccc(cc2)N1. The molecule has 5 atom stereocenters. The van der Waals surface area contributed by atoms with E-state index in [4.69, 9.17) is 0 Å². The number of anilines is 1. The first-order chi connectivity index (χ1) is 33.9. The molecule has 6 N–H and O–H groups in total. The highest BCUT2D eigenvalue weighted by Crippen LogP contribution is 2.22. The van der Waals surface area contributed by atoms with Crippen molar-refractivity contribution in [2.24, 2.45) is 5.92 Å². The maximum atomic E-state index is 14.9. The van der Waals surface area contributed by atoms with E-state index in [9.17, 15) is 38.7 Å². The molecule has 0 fully saturated rings. The normalized spacial score (nSPS) is 18.8. The van der Waals surface area contributed by atoms with E-state index in [0.717, 1.165) is 27.8 Å². The van der Waals surface area contributed by atoms with E-state index < -0.39 is 71.4 Å². The average molecular weight is 940 g/mol. The summed E-state index contributed by atoms with van der Waals surface area (Å²) < 4.78 is 0. The summed E-state index contributed by atoms with van der Waals surface area (Å²) in [6, 6.07) is 46.6. The molecule has 2 bridgehead atoms. The predicted molar refractivity (Wildman–Crippen MR) is 267 cm³/mol. The number of benzene rings is 6. The fourth-order valence-electron chi connectivity index (χ4n) is 8.48. The summed E-state index contributed by atoms with van der Waals surface area (Å²) in [6.45, 7) is 0. The molecule has 70 heavy (non-hydrogen) atoms. The van der Waals surface area contributed by atoms with Crippen molar-refractivity contribution < 1.29 is 38.7 Å². The van der Waals surface area contributed by atoms with Gasteiger partial charge in [0.2, 0.25) is 29.5 Å². The molecule has 13 heteroatoms. The van der Waals surface area contributed by atoms with E-state index in [1.807, 2.05) is 115 Å². The molecule has 5 amide bonds. The number of carbonyl (C=O) groups is 7. The molecule has 2 heterocycles. The van der Waals surface area contributed by atoms with Crippen LogP contribution < -0.4 is 26.6 Å². The van der Waals surface area contributed by atoms with Gasteiger partial charge in [-0.1, -0.05) is 158 Å². The molecule has 0 aliphatic carbocycles. The van der Waals surface area contributed by atoms with Gasteiger partial charge in [-0.25, -0.2) is 4.79 Å². The second-order valence-corrected chi connectivity index (χ2v) is 17.6. The van der Waals surface area contributed by atoms with E-state index in [-0.39, 0.29) is 51.4 Å². The molecule has 6 aromatic rings. The van der Waals surface area contributed by atoms with E-state index in [2.05, 4.69) is 26.6 Å². The number of carbonyl (C=O) groups excluding carboxylic acids is 6. The molecule has 0 spiro atoms. The topological polar surface area (TPSA) is 200 Å². The number of rotatable bonds is 13. The van der Waals surface area contributed by atoms with Crippen LogP contribution in [0.4, 0.5) is 5.69 Å². The molecule has 358 valence electrons. The van der Waals surface area contributed by atoms with Crippen LogP contribution >= 0.6 is 0 Å². The minimum Gasteiger partial charge on any atom is -0.480 e. The Labute approximate surface area is 407 Å². The van der Waals surface area contributed by atoms with E-state index in [1.54, 1.807) is 54.6 Å². The van der Waals surface area contributed by atoms with Crippen molar-refractivity contribution in [3.63, 3.8) is 0 Å². The molecule has 8 rings (SSSR count). The Morgan fingerprint density at radius 2 is 1.10 bits per heavy atom. The number of aliphatic carboxylic acids is 1. The average Bonchev–Trinajstić information content (AvgIpc) is 3.37. The van der Waals surface area contributed by atoms with Gasteiger partial charge >= 0.3 is 5.97 Å². The predicted octanol–water partition coefficient (Wildman–Crippen LogP) is 6.59. The highest BCUT2D eigenvalue weighted by atomic mass is 16.4. The lowest BCUT2D eigenvalue weighted by molar-refractivity contribution is -0.142. The molecule has 13 nitrogen and oxygen atoms in total. The zero-order chi connectivity index (χ0) is 49.2. The number of hydrogen-bond acceptors (Lipinski definition) is 7. The Hall–Kier alpha value is -8.19. The highest BCUT2D eigenvalue weighted by Gasteiger charge is 2.34. The molecule has 0 aromatic heterocycles. The first kappa shape index (κ1) is 49.7. The number of ketones is 1. The van der Waals surface area contributed by atoms with Crippen molar-refractivity contribution in [1.82, 2.24) is 21.3 Å². The summed E-state index contributed by atoms with van der Waals surface area (Å²) in [4.78, 5) is 97.6. The monoisotopic (exact) mass is 939 g/mol. The molecule has 2 aliphatic rings. The van der Waals surface area contributed by atoms with Gasteiger partial charge in [0.25, 0.3) is 0 Å². The van der Waals surface area contributed by atoms with Crippen molar-refractivity contribution in [3.8, 4) is 11.1 Å². The Morgan fingerprint density at radius 1 is 0.543 bits per heavy atom. The third-order valence-electron chi connectivity index (χ3n) is 12.4. The highest BCUT2D eigenvalue weighted by molar-refractivity contribution is 5.97. The van der Waals surface area contributed by atoms with Gasteiger partial charge in [-0.15, -0.1) is 0 Å². The molecule has 0 saturated carbocycles. The van der Waals surface area contributed by atoms with Gasteiger partial charge in [0.15, 0.2) is 5.78 Å². The zero-order valence-corrected chi connectivity index (χ0v) is 38.7. The molecule has 0 saturated heterocycles. The summed E-state index contributed by atoms with van der Waals surface area (Å²) in [6.07, 6.45) is -0.0968. The van der Waals surface area contributed by atoms with Crippen LogP contribution in [0.5, 0.6) is 0 Å². The maximum absolute atomic E-state index is 14.9. The van der Waals surface area contributed by atoms with Gasteiger partial charge in [0.1, 0.15) is 18.1 Å². The molecule has 0 unspecified atom stereocenters. The number of hydrogen-bond donors (Lipinski definition) is 6. The number of amides is 5. The summed E-state index contributed by atoms with van der Waals surface area (Å²) in [5.74, 6) is -5.74. The second-order valence-electron chi connectivity index (χ2n) is 17.6. The standard InChI is InChI=1S/C57H57N5O8/c63-51-37-45(33-39-15-7-2-8-16-39)54(66)61-49(56(68)62-50(57(69)70)36-40-17-9-3-10-18-40)35-42-23-28-46(29-24-42)58-52(64)31-32-53(65)59-47(30-25-38-13-5-1-6-14-38)55(67)60-48(51)34-41-21-26-44(27-22-41)43-19-11-4-12-20-43/h1-24,26-29,45,47-50H,25,30-37H2,(H,58,64)(H,59,65)(H,60,67)(H,61,66)(H,62,68)(H,69,70)/t45-,47+,48-,49-,50-/m0/s1. The number of Topliss-reactive ketones (excluding diaryl/α,β-unsaturated/α-hetero) is 1. The number of fused-ring (bicyclic) bond motifs is 18. The van der Waals surface area contributed by atoms with Crippen molar-refractivity contribution in [2.75, 3.05) is 5.32 Å². The number of carboxylic acid groups (broad SMARTS) is 1. The number of carboxylic acids is 1. The van der Waals surface area contributed by atoms with Crippen LogP contribution in [0.25, 0.3) is 11.1 Å². The minimum atomic E-state index is -1.33. The number of aryl methyl sites for hydroxylation is 1. The molecule has 0 radical (unpaired) electrons. The summed E-state index contributed by atoms with van der Waals surface area (Å²) in [5.41, 5.74) is 6.04. The maximum Gasteiger partial charge on any atom is 0.326 e. The van der Waals surface area contributed by atoms with Crippen molar-refractivity contribution in [3.05, 3.63) is 198 Å². The van der Waals surface area contributed by atoms with Crippen LogP contribution in [0.15, 0.2) is 170 Å². The smallest absolute Gasteiger partial charge is 0.326 e. The van der Waals surface area contributed by atoms with Crippen LogP contribution in [0.1, 0.15) is 53.5 Å². The first-order valence-corrected chi connectivity index (χ1v) is 23.6. The zero-order valence-electron chi connectivity index (χ0n) is 38.7. The Balaban J connectivity index is 1.23. The van der Waals surface area contributed by atoms with E-state index >= 15 is 0 Å². The van der Waals surface area contributed by atoms with Gasteiger partial charge in [0.05, 0.1) is 6.04 Å². The summed E-state index contributed by atoms with van der Waals surface area (Å²) in [5, 5.41) is 24.3. The molecular formula is C57H57N5O8. The molecule has 2 aliphatic heterocycles. The summed E-state index contributed by atoms with van der Waals surface area (Å²) in [7, 11) is 0. The van der Waals surface area contributed by atoms with Gasteiger partial charge in [-0.3, -0.25) is 28.8 Å². The second kappa shape index (κ2) is 24.7.